The fourth-order valence-electron chi connectivity index (χ4n) is 4.07. The van der Waals surface area contributed by atoms with Crippen molar-refractivity contribution >= 4 is 16.9 Å². The third kappa shape index (κ3) is 4.64. The van der Waals surface area contributed by atoms with E-state index in [0.29, 0.717) is 30.3 Å². The van der Waals surface area contributed by atoms with Crippen molar-refractivity contribution < 1.29 is 9.21 Å². The molecular weight excluding hydrogens is 390 g/mol. The molecule has 31 heavy (non-hydrogen) atoms. The SMILES string of the molecule is Cc1cc(C(=O)NCC2CCNCC2)nn1Cc1cc(C#N)cc2cc(C(C)C)oc12. The summed E-state index contributed by atoms with van der Waals surface area (Å²) >= 11 is 0. The van der Waals surface area contributed by atoms with Crippen molar-refractivity contribution in [1.82, 2.24) is 20.4 Å². The molecule has 2 N–H and O–H groups in total. The van der Waals surface area contributed by atoms with Gasteiger partial charge in [-0.3, -0.25) is 9.48 Å². The fraction of sp³-hybridized carbons (Fsp3) is 0.458. The molecule has 3 aromatic rings. The number of aryl methyl sites for hydroxylation is 1. The highest BCUT2D eigenvalue weighted by molar-refractivity contribution is 5.92. The summed E-state index contributed by atoms with van der Waals surface area (Å²) in [7, 11) is 0. The zero-order valence-corrected chi connectivity index (χ0v) is 18.4. The standard InChI is InChI=1S/C24H29N5O2/c1-15(2)22-11-19-9-18(12-25)10-20(23(19)31-22)14-29-16(3)8-21(28-29)24(30)27-13-17-4-6-26-7-5-17/h8-11,15,17,26H,4-7,13-14H2,1-3H3,(H,27,30). The molecule has 0 aliphatic carbocycles. The van der Waals surface area contributed by atoms with Crippen LogP contribution in [0, 0.1) is 24.2 Å². The molecule has 0 bridgehead atoms. The maximum atomic E-state index is 12.6. The number of rotatable bonds is 6. The lowest BCUT2D eigenvalue weighted by molar-refractivity contribution is 0.0938. The summed E-state index contributed by atoms with van der Waals surface area (Å²) in [5.74, 6) is 1.52. The van der Waals surface area contributed by atoms with Crippen LogP contribution in [0.25, 0.3) is 11.0 Å². The van der Waals surface area contributed by atoms with Crippen molar-refractivity contribution in [2.45, 2.75) is 46.1 Å². The van der Waals surface area contributed by atoms with Crippen LogP contribution in [0.15, 0.2) is 28.7 Å². The Morgan fingerprint density at radius 3 is 2.81 bits per heavy atom. The molecule has 0 spiro atoms. The van der Waals surface area contributed by atoms with Crippen molar-refractivity contribution in [3.8, 4) is 6.07 Å². The normalized spacial score (nSPS) is 14.8. The number of nitriles is 1. The molecule has 0 atom stereocenters. The number of nitrogens with zero attached hydrogens (tertiary/aromatic N) is 3. The highest BCUT2D eigenvalue weighted by Gasteiger charge is 2.18. The van der Waals surface area contributed by atoms with Crippen molar-refractivity contribution in [2.75, 3.05) is 19.6 Å². The van der Waals surface area contributed by atoms with Gasteiger partial charge in [0.05, 0.1) is 18.2 Å². The van der Waals surface area contributed by atoms with Gasteiger partial charge in [0.2, 0.25) is 0 Å². The monoisotopic (exact) mass is 419 g/mol. The second-order valence-electron chi connectivity index (χ2n) is 8.70. The number of piperidine rings is 1. The molecule has 1 aliphatic rings. The number of carbonyl (C=O) groups excluding carboxylic acids is 1. The fourth-order valence-corrected chi connectivity index (χ4v) is 4.07. The average Bonchev–Trinajstić information content (AvgIpc) is 3.37. The summed E-state index contributed by atoms with van der Waals surface area (Å²) in [6, 6.07) is 9.73. The molecule has 0 radical (unpaired) electrons. The maximum Gasteiger partial charge on any atom is 0.271 e. The molecular formula is C24H29N5O2. The molecule has 7 nitrogen and oxygen atoms in total. The van der Waals surface area contributed by atoms with Gasteiger partial charge in [0.15, 0.2) is 0 Å². The second kappa shape index (κ2) is 8.94. The summed E-state index contributed by atoms with van der Waals surface area (Å²) in [6.45, 7) is 9.23. The highest BCUT2D eigenvalue weighted by Crippen LogP contribution is 2.29. The first kappa shape index (κ1) is 21.1. The van der Waals surface area contributed by atoms with Crippen LogP contribution in [0.1, 0.15) is 65.7 Å². The smallest absolute Gasteiger partial charge is 0.271 e. The Labute approximate surface area is 182 Å². The van der Waals surface area contributed by atoms with Gasteiger partial charge in [0.1, 0.15) is 17.0 Å². The summed E-state index contributed by atoms with van der Waals surface area (Å²) in [5, 5.41) is 21.3. The molecule has 2 aromatic heterocycles. The van der Waals surface area contributed by atoms with Gasteiger partial charge < -0.3 is 15.1 Å². The van der Waals surface area contributed by atoms with Gasteiger partial charge in [-0.1, -0.05) is 13.8 Å². The van der Waals surface area contributed by atoms with Crippen molar-refractivity contribution in [2.24, 2.45) is 5.92 Å². The minimum Gasteiger partial charge on any atom is -0.460 e. The lowest BCUT2D eigenvalue weighted by Gasteiger charge is -2.22. The number of carbonyl (C=O) groups is 1. The van der Waals surface area contributed by atoms with E-state index >= 15 is 0 Å². The number of nitrogens with one attached hydrogen (secondary N) is 2. The Bertz CT molecular complexity index is 1130. The van der Waals surface area contributed by atoms with Crippen LogP contribution in [-0.4, -0.2) is 35.3 Å². The van der Waals surface area contributed by atoms with Gasteiger partial charge in [-0.15, -0.1) is 0 Å². The summed E-state index contributed by atoms with van der Waals surface area (Å²) < 4.78 is 7.90. The van der Waals surface area contributed by atoms with E-state index in [9.17, 15) is 10.1 Å². The van der Waals surface area contributed by atoms with Crippen molar-refractivity contribution in [3.63, 3.8) is 0 Å². The van der Waals surface area contributed by atoms with Crippen LogP contribution in [0.4, 0.5) is 0 Å². The van der Waals surface area contributed by atoms with Gasteiger partial charge >= 0.3 is 0 Å². The van der Waals surface area contributed by atoms with Gasteiger partial charge in [0, 0.05) is 29.1 Å². The van der Waals surface area contributed by atoms with Gasteiger partial charge in [0.25, 0.3) is 5.91 Å². The number of benzene rings is 1. The Hall–Kier alpha value is -3.11. The molecule has 7 heteroatoms. The van der Waals surface area contributed by atoms with Gasteiger partial charge in [-0.2, -0.15) is 10.4 Å². The van der Waals surface area contributed by atoms with E-state index in [2.05, 4.69) is 35.6 Å². The van der Waals surface area contributed by atoms with Crippen molar-refractivity contribution in [3.05, 3.63) is 52.5 Å². The van der Waals surface area contributed by atoms with Gasteiger partial charge in [-0.25, -0.2) is 0 Å². The third-order valence-corrected chi connectivity index (χ3v) is 5.95. The number of aromatic nitrogens is 2. The van der Waals surface area contributed by atoms with Crippen LogP contribution in [-0.2, 0) is 6.54 Å². The molecule has 162 valence electrons. The van der Waals surface area contributed by atoms with Crippen LogP contribution >= 0.6 is 0 Å². The number of amides is 1. The Kier molecular flexibility index (Phi) is 6.10. The van der Waals surface area contributed by atoms with Crippen LogP contribution in [0.5, 0.6) is 0 Å². The molecule has 1 saturated heterocycles. The average molecular weight is 420 g/mol. The Morgan fingerprint density at radius 1 is 1.32 bits per heavy atom. The maximum absolute atomic E-state index is 12.6. The van der Waals surface area contributed by atoms with Crippen LogP contribution < -0.4 is 10.6 Å². The topological polar surface area (TPSA) is 95.9 Å². The second-order valence-corrected chi connectivity index (χ2v) is 8.70. The van der Waals surface area contributed by atoms with Gasteiger partial charge in [-0.05, 0) is 63.0 Å². The van der Waals surface area contributed by atoms with E-state index in [0.717, 1.165) is 53.9 Å². The first-order valence-electron chi connectivity index (χ1n) is 10.9. The Morgan fingerprint density at radius 2 is 2.10 bits per heavy atom. The summed E-state index contributed by atoms with van der Waals surface area (Å²) in [6.07, 6.45) is 2.17. The first-order valence-corrected chi connectivity index (χ1v) is 10.9. The molecule has 3 heterocycles. The van der Waals surface area contributed by atoms with E-state index < -0.39 is 0 Å². The largest absolute Gasteiger partial charge is 0.460 e. The Balaban J connectivity index is 1.54. The predicted octanol–water partition coefficient (Wildman–Crippen LogP) is 3.71. The summed E-state index contributed by atoms with van der Waals surface area (Å²) in [4.78, 5) is 12.6. The van der Waals surface area contributed by atoms with E-state index in [1.54, 1.807) is 4.68 Å². The number of fused-ring (bicyclic) bond motifs is 1. The molecule has 1 aromatic carbocycles. The van der Waals surface area contributed by atoms with E-state index in [4.69, 9.17) is 4.42 Å². The highest BCUT2D eigenvalue weighted by atomic mass is 16.3. The number of hydrogen-bond acceptors (Lipinski definition) is 5. The third-order valence-electron chi connectivity index (χ3n) is 5.95. The zero-order chi connectivity index (χ0) is 22.0. The molecule has 0 unspecified atom stereocenters. The molecule has 0 saturated carbocycles. The molecule has 1 aliphatic heterocycles. The first-order chi connectivity index (χ1) is 14.9. The molecule has 1 fully saturated rings. The minimum absolute atomic E-state index is 0.142. The van der Waals surface area contributed by atoms with E-state index in [1.807, 2.05) is 31.2 Å². The van der Waals surface area contributed by atoms with Crippen LogP contribution in [0.3, 0.4) is 0 Å². The number of hydrogen-bond donors (Lipinski definition) is 2. The lowest BCUT2D eigenvalue weighted by atomic mass is 9.98. The number of furan rings is 1. The molecule has 1 amide bonds. The lowest BCUT2D eigenvalue weighted by Crippen LogP contribution is -2.36. The summed E-state index contributed by atoms with van der Waals surface area (Å²) in [5.41, 5.74) is 3.55. The quantitative estimate of drug-likeness (QED) is 0.635. The van der Waals surface area contributed by atoms with E-state index in [-0.39, 0.29) is 11.8 Å². The molecule has 4 rings (SSSR count). The predicted molar refractivity (Wildman–Crippen MR) is 119 cm³/mol. The van der Waals surface area contributed by atoms with Crippen molar-refractivity contribution in [1.29, 1.82) is 5.26 Å². The zero-order valence-electron chi connectivity index (χ0n) is 18.4. The van der Waals surface area contributed by atoms with Crippen LogP contribution in [0.2, 0.25) is 0 Å². The van der Waals surface area contributed by atoms with E-state index in [1.165, 1.54) is 0 Å². The minimum atomic E-state index is -0.142.